The Balaban J connectivity index is 1.44. The predicted molar refractivity (Wildman–Crippen MR) is 114 cm³/mol. The molecule has 1 amide bonds. The van der Waals surface area contributed by atoms with Gasteiger partial charge in [0.2, 0.25) is 5.89 Å². The number of para-hydroxylation sites is 1. The van der Waals surface area contributed by atoms with Crippen LogP contribution in [0.15, 0.2) is 71.1 Å². The van der Waals surface area contributed by atoms with Crippen molar-refractivity contribution >= 4 is 11.6 Å². The minimum Gasteiger partial charge on any atom is -0.415 e. The quantitative estimate of drug-likeness (QED) is 0.305. The summed E-state index contributed by atoms with van der Waals surface area (Å²) in [6.07, 6.45) is -7.71. The summed E-state index contributed by atoms with van der Waals surface area (Å²) in [5.74, 6) is -1.63. The van der Waals surface area contributed by atoms with E-state index < -0.39 is 18.7 Å². The molecule has 1 aliphatic rings. The normalized spacial score (nSPS) is 13.4. The van der Waals surface area contributed by atoms with Gasteiger partial charge in [-0.15, -0.1) is 23.4 Å². The predicted octanol–water partition coefficient (Wildman–Crippen LogP) is 6.40. The van der Waals surface area contributed by atoms with E-state index in [1.165, 1.54) is 35.2 Å². The minimum absolute atomic E-state index is 0.129. The lowest BCUT2D eigenvalue weighted by atomic mass is 10.0. The number of hydrogen-bond acceptors (Lipinski definition) is 5. The van der Waals surface area contributed by atoms with Crippen LogP contribution in [0.25, 0.3) is 22.6 Å². The highest BCUT2D eigenvalue weighted by Crippen LogP contribution is 2.38. The van der Waals surface area contributed by atoms with E-state index in [0.717, 1.165) is 0 Å². The molecule has 0 bridgehead atoms. The fourth-order valence-electron chi connectivity index (χ4n) is 3.86. The monoisotopic (exact) mass is 487 g/mol. The maximum absolute atomic E-state index is 13.3. The van der Waals surface area contributed by atoms with Crippen molar-refractivity contribution < 1.29 is 35.9 Å². The molecule has 5 rings (SSSR count). The lowest BCUT2D eigenvalue weighted by molar-refractivity contribution is -0.274. The Hall–Kier alpha value is -4.28. The summed E-state index contributed by atoms with van der Waals surface area (Å²) in [5.41, 5.74) is 3.15. The molecular formula is C24H14F5N3O3. The first-order valence-corrected chi connectivity index (χ1v) is 10.2. The third kappa shape index (κ3) is 4.44. The van der Waals surface area contributed by atoms with Crippen LogP contribution in [0, 0.1) is 0 Å². The number of carbonyl (C=O) groups excluding carboxylic acids is 1. The third-order valence-electron chi connectivity index (χ3n) is 5.38. The first kappa shape index (κ1) is 22.5. The highest BCUT2D eigenvalue weighted by molar-refractivity contribution is 6.12. The van der Waals surface area contributed by atoms with E-state index in [-0.39, 0.29) is 24.1 Å². The smallest absolute Gasteiger partial charge is 0.415 e. The van der Waals surface area contributed by atoms with E-state index in [1.807, 2.05) is 0 Å². The van der Waals surface area contributed by atoms with E-state index in [1.54, 1.807) is 36.4 Å². The maximum atomic E-state index is 13.3. The van der Waals surface area contributed by atoms with Crippen LogP contribution in [0.4, 0.5) is 27.6 Å². The van der Waals surface area contributed by atoms with Crippen molar-refractivity contribution in [1.29, 1.82) is 0 Å². The summed E-state index contributed by atoms with van der Waals surface area (Å²) >= 11 is 0. The largest absolute Gasteiger partial charge is 0.573 e. The van der Waals surface area contributed by atoms with E-state index in [4.69, 9.17) is 4.42 Å². The molecule has 0 saturated carbocycles. The van der Waals surface area contributed by atoms with Crippen molar-refractivity contribution in [1.82, 2.24) is 10.2 Å². The van der Waals surface area contributed by atoms with Crippen LogP contribution >= 0.6 is 0 Å². The van der Waals surface area contributed by atoms with Crippen molar-refractivity contribution in [3.05, 3.63) is 83.7 Å². The summed E-state index contributed by atoms with van der Waals surface area (Å²) in [6.45, 7) is 0.243. The number of nitrogens with zero attached hydrogens (tertiary/aromatic N) is 3. The number of carbonyl (C=O) groups is 1. The topological polar surface area (TPSA) is 68.5 Å². The summed E-state index contributed by atoms with van der Waals surface area (Å²) in [4.78, 5) is 14.8. The Bertz CT molecular complexity index is 1400. The Morgan fingerprint density at radius 3 is 2.31 bits per heavy atom. The fourth-order valence-corrected chi connectivity index (χ4v) is 3.86. The van der Waals surface area contributed by atoms with Gasteiger partial charge < -0.3 is 14.1 Å². The van der Waals surface area contributed by atoms with Gasteiger partial charge in [-0.2, -0.15) is 8.78 Å². The molecule has 0 radical (unpaired) electrons. The molecule has 0 saturated heterocycles. The number of anilines is 1. The van der Waals surface area contributed by atoms with Crippen LogP contribution in [0.2, 0.25) is 0 Å². The molecule has 0 atom stereocenters. The molecule has 11 heteroatoms. The van der Waals surface area contributed by atoms with Gasteiger partial charge in [0, 0.05) is 16.7 Å². The SMILES string of the molecule is O=C1c2cc(-c3nnc(C(F)F)o3)ccc2CN1c1ccccc1-c1ccc(OC(F)(F)F)cc1. The van der Waals surface area contributed by atoms with Gasteiger partial charge in [0.05, 0.1) is 12.2 Å². The van der Waals surface area contributed by atoms with Crippen LogP contribution in [-0.2, 0) is 6.54 Å². The molecule has 178 valence electrons. The van der Waals surface area contributed by atoms with E-state index in [9.17, 15) is 26.7 Å². The molecule has 4 aromatic rings. The second-order valence-electron chi connectivity index (χ2n) is 7.60. The Labute approximate surface area is 194 Å². The minimum atomic E-state index is -4.80. The molecule has 0 unspecified atom stereocenters. The van der Waals surface area contributed by atoms with Gasteiger partial charge in [-0.25, -0.2) is 0 Å². The standard InChI is InChI=1S/C24H14F5N3O3/c25-20(26)22-31-30-21(34-22)14-5-6-15-12-32(23(33)18(15)11-14)19-4-2-1-3-17(19)13-7-9-16(10-8-13)35-24(27,28)29/h1-11,20H,12H2. The molecule has 2 heterocycles. The molecular weight excluding hydrogens is 473 g/mol. The number of amides is 1. The van der Waals surface area contributed by atoms with E-state index in [2.05, 4.69) is 14.9 Å². The van der Waals surface area contributed by atoms with Gasteiger partial charge in [-0.05, 0) is 41.5 Å². The maximum Gasteiger partial charge on any atom is 0.573 e. The van der Waals surface area contributed by atoms with Crippen LogP contribution in [-0.4, -0.2) is 22.5 Å². The van der Waals surface area contributed by atoms with Crippen molar-refractivity contribution in [3.63, 3.8) is 0 Å². The number of aromatic nitrogens is 2. The lowest BCUT2D eigenvalue weighted by Crippen LogP contribution is -2.23. The van der Waals surface area contributed by atoms with Gasteiger partial charge in [0.1, 0.15) is 5.75 Å². The Morgan fingerprint density at radius 1 is 0.914 bits per heavy atom. The number of alkyl halides is 5. The van der Waals surface area contributed by atoms with Crippen molar-refractivity contribution in [2.75, 3.05) is 4.90 Å². The Morgan fingerprint density at radius 2 is 1.63 bits per heavy atom. The van der Waals surface area contributed by atoms with E-state index in [0.29, 0.717) is 33.5 Å². The van der Waals surface area contributed by atoms with Gasteiger partial charge in [0.25, 0.3) is 11.8 Å². The summed E-state index contributed by atoms with van der Waals surface area (Å²) < 4.78 is 71.8. The molecule has 0 N–H and O–H groups in total. The van der Waals surface area contributed by atoms with Crippen molar-refractivity contribution in [2.45, 2.75) is 19.3 Å². The molecule has 6 nitrogen and oxygen atoms in total. The molecule has 1 aromatic heterocycles. The van der Waals surface area contributed by atoms with Gasteiger partial charge in [-0.3, -0.25) is 4.79 Å². The number of halogens is 5. The number of ether oxygens (including phenoxy) is 1. The molecule has 0 fully saturated rings. The first-order chi connectivity index (χ1) is 16.7. The molecule has 35 heavy (non-hydrogen) atoms. The zero-order valence-corrected chi connectivity index (χ0v) is 17.6. The molecule has 1 aliphatic heterocycles. The van der Waals surface area contributed by atoms with E-state index >= 15 is 0 Å². The highest BCUT2D eigenvalue weighted by Gasteiger charge is 2.32. The number of benzene rings is 3. The zero-order chi connectivity index (χ0) is 24.7. The summed E-state index contributed by atoms with van der Waals surface area (Å²) in [6, 6.07) is 17.1. The average Bonchev–Trinajstić information content (AvgIpc) is 3.44. The van der Waals surface area contributed by atoms with Crippen LogP contribution < -0.4 is 9.64 Å². The summed E-state index contributed by atoms with van der Waals surface area (Å²) in [7, 11) is 0. The fraction of sp³-hybridized carbons (Fsp3) is 0.125. The van der Waals surface area contributed by atoms with Gasteiger partial charge in [0.15, 0.2) is 0 Å². The van der Waals surface area contributed by atoms with Crippen LogP contribution in [0.1, 0.15) is 28.2 Å². The number of hydrogen-bond donors (Lipinski definition) is 0. The molecule has 0 aliphatic carbocycles. The van der Waals surface area contributed by atoms with Crippen molar-refractivity contribution in [2.24, 2.45) is 0 Å². The highest BCUT2D eigenvalue weighted by atomic mass is 19.4. The molecule has 0 spiro atoms. The van der Waals surface area contributed by atoms with Crippen molar-refractivity contribution in [3.8, 4) is 28.3 Å². The second kappa shape index (κ2) is 8.49. The lowest BCUT2D eigenvalue weighted by Gasteiger charge is -2.20. The van der Waals surface area contributed by atoms with Crippen LogP contribution in [0.5, 0.6) is 5.75 Å². The summed E-state index contributed by atoms with van der Waals surface area (Å²) in [5, 5.41) is 6.92. The van der Waals surface area contributed by atoms with Gasteiger partial charge >= 0.3 is 12.8 Å². The zero-order valence-electron chi connectivity index (χ0n) is 17.6. The molecule has 3 aromatic carbocycles. The number of rotatable bonds is 5. The third-order valence-corrected chi connectivity index (χ3v) is 5.38. The van der Waals surface area contributed by atoms with Crippen LogP contribution in [0.3, 0.4) is 0 Å². The van der Waals surface area contributed by atoms with Gasteiger partial charge in [-0.1, -0.05) is 36.4 Å². The Kier molecular flexibility index (Phi) is 5.46. The number of fused-ring (bicyclic) bond motifs is 1. The second-order valence-corrected chi connectivity index (χ2v) is 7.60. The average molecular weight is 487 g/mol. The first-order valence-electron chi connectivity index (χ1n) is 10.2.